The number of nitrogens with zero attached hydrogens (tertiary/aromatic N) is 3. The van der Waals surface area contributed by atoms with Crippen molar-refractivity contribution in [3.8, 4) is 5.75 Å². The summed E-state index contributed by atoms with van der Waals surface area (Å²) in [5.41, 5.74) is 1.28. The van der Waals surface area contributed by atoms with Crippen molar-refractivity contribution in [2.75, 3.05) is 63.4 Å². The average Bonchev–Trinajstić information content (AvgIpc) is 3.78. The second kappa shape index (κ2) is 12.0. The summed E-state index contributed by atoms with van der Waals surface area (Å²) < 4.78 is 46.0. The van der Waals surface area contributed by atoms with E-state index in [0.717, 1.165) is 51.1 Å². The molecule has 212 valence electrons. The van der Waals surface area contributed by atoms with Crippen molar-refractivity contribution in [3.05, 3.63) is 45.8 Å². The second-order valence-corrected chi connectivity index (χ2v) is 11.6. The molecule has 0 spiro atoms. The third-order valence-electron chi connectivity index (χ3n) is 8.77. The van der Waals surface area contributed by atoms with Gasteiger partial charge in [0.1, 0.15) is 10.8 Å². The molecule has 2 saturated carbocycles. The van der Waals surface area contributed by atoms with Crippen LogP contribution in [0, 0.1) is 17.8 Å². The van der Waals surface area contributed by atoms with Gasteiger partial charge in [-0.3, -0.25) is 4.79 Å². The van der Waals surface area contributed by atoms with Crippen LogP contribution in [0.3, 0.4) is 0 Å². The third-order valence-corrected chi connectivity index (χ3v) is 9.13. The van der Waals surface area contributed by atoms with E-state index in [1.807, 2.05) is 12.1 Å². The number of hydrogen-bond acceptors (Lipinski definition) is 8. The van der Waals surface area contributed by atoms with Crippen molar-refractivity contribution in [2.45, 2.75) is 50.3 Å². The molecule has 39 heavy (non-hydrogen) atoms. The van der Waals surface area contributed by atoms with Gasteiger partial charge in [0.15, 0.2) is 0 Å². The Labute approximate surface area is 238 Å². The largest absolute Gasteiger partial charge is 0.497 e. The topological polar surface area (TPSA) is 87.1 Å². The second-order valence-electron chi connectivity index (χ2n) is 11.2. The minimum Gasteiger partial charge on any atom is -0.497 e. The molecular weight excluding hydrogens is 520 g/mol. The predicted octanol–water partition coefficient (Wildman–Crippen LogP) is 4.01. The number of ether oxygens (including phenoxy) is 4. The van der Waals surface area contributed by atoms with Gasteiger partial charge in [-0.05, 0) is 68.2 Å². The molecule has 4 aliphatic rings. The zero-order chi connectivity index (χ0) is 29.3. The maximum absolute atomic E-state index is 13.3. The van der Waals surface area contributed by atoms with Crippen LogP contribution in [0.1, 0.15) is 42.3 Å². The molecule has 6 rings (SSSR count). The molecule has 2 saturated heterocycles. The number of fused-ring (bicyclic) bond motifs is 1. The van der Waals surface area contributed by atoms with Crippen LogP contribution >= 0.6 is 11.6 Å². The zero-order valence-corrected chi connectivity index (χ0v) is 22.9. The van der Waals surface area contributed by atoms with Crippen LogP contribution in [-0.2, 0) is 14.2 Å². The summed E-state index contributed by atoms with van der Waals surface area (Å²) in [6.45, 7) is 4.68. The van der Waals surface area contributed by atoms with E-state index in [0.29, 0.717) is 55.6 Å². The van der Waals surface area contributed by atoms with E-state index in [4.69, 9.17) is 34.7 Å². The molecule has 4 fully saturated rings. The van der Waals surface area contributed by atoms with Gasteiger partial charge in [-0.25, -0.2) is 4.68 Å². The molecule has 1 unspecified atom stereocenters. The Hall–Kier alpha value is -2.33. The highest BCUT2D eigenvalue weighted by molar-refractivity contribution is 6.32. The van der Waals surface area contributed by atoms with Gasteiger partial charge in [0.2, 0.25) is 0 Å². The molecule has 0 radical (unpaired) electrons. The number of aromatic nitrogens is 2. The molecule has 2 aliphatic heterocycles. The van der Waals surface area contributed by atoms with E-state index in [1.165, 1.54) is 6.42 Å². The third kappa shape index (κ3) is 6.06. The van der Waals surface area contributed by atoms with Gasteiger partial charge in [0.05, 0.1) is 61.6 Å². The number of rotatable bonds is 9. The van der Waals surface area contributed by atoms with E-state index in [2.05, 4.69) is 15.3 Å². The van der Waals surface area contributed by atoms with Crippen molar-refractivity contribution in [2.24, 2.45) is 17.8 Å². The van der Waals surface area contributed by atoms with Crippen LogP contribution in [-0.4, -0.2) is 75.1 Å². The fourth-order valence-electron chi connectivity index (χ4n) is 6.46. The number of hydrogen-bond donors (Lipinski definition) is 1. The van der Waals surface area contributed by atoms with Gasteiger partial charge in [-0.2, -0.15) is 5.10 Å². The molecule has 0 bridgehead atoms. The lowest BCUT2D eigenvalue weighted by atomic mass is 9.89. The number of halogens is 1. The summed E-state index contributed by atoms with van der Waals surface area (Å²) in [4.78, 5) is 15.6. The molecule has 9 nitrogen and oxygen atoms in total. The van der Waals surface area contributed by atoms with Crippen LogP contribution in [0.4, 0.5) is 11.4 Å². The Morgan fingerprint density at radius 2 is 2.00 bits per heavy atom. The SMILES string of the molecule is [2H]C([2H])([2H])Oc1ccc(N(CC2COCCO2)C2CCC(n3ncc(NC[C@@H]4COC[C@@H]5C[C@H]45)c(Cl)c3=O)CC2)cc1. The molecule has 1 aromatic heterocycles. The van der Waals surface area contributed by atoms with Crippen molar-refractivity contribution in [1.29, 1.82) is 0 Å². The van der Waals surface area contributed by atoms with Gasteiger partial charge < -0.3 is 29.2 Å². The van der Waals surface area contributed by atoms with E-state index >= 15 is 0 Å². The highest BCUT2D eigenvalue weighted by atomic mass is 35.5. The average molecular weight is 562 g/mol. The maximum Gasteiger partial charge on any atom is 0.287 e. The lowest BCUT2D eigenvalue weighted by Crippen LogP contribution is -2.46. The van der Waals surface area contributed by atoms with Crippen LogP contribution in [0.2, 0.25) is 5.02 Å². The summed E-state index contributed by atoms with van der Waals surface area (Å²) in [5.74, 6) is 2.14. The Bertz CT molecular complexity index is 1270. The molecule has 10 heteroatoms. The minimum absolute atomic E-state index is 0.0366. The summed E-state index contributed by atoms with van der Waals surface area (Å²) in [7, 11) is -2.50. The normalized spacial score (nSPS) is 31.8. The quantitative estimate of drug-likeness (QED) is 0.491. The molecule has 3 heterocycles. The van der Waals surface area contributed by atoms with Gasteiger partial charge in [0, 0.05) is 37.3 Å². The van der Waals surface area contributed by atoms with Crippen molar-refractivity contribution >= 4 is 23.0 Å². The van der Waals surface area contributed by atoms with Crippen LogP contribution in [0.5, 0.6) is 5.75 Å². The summed E-state index contributed by atoms with van der Waals surface area (Å²) in [6, 6.07) is 7.31. The standard InChI is InChI=1S/C29H39ClN4O5/c1-36-24-8-6-22(7-9-24)33(15-25-18-37-10-11-39-25)21-2-4-23(5-3-21)34-29(35)28(30)27(14-32-34)31-13-20-17-38-16-19-12-26(19)20/h6-9,14,19-21,23,25-26,31H,2-5,10-13,15-18H2,1H3/t19-,20+,21?,23?,25?,26-/m0/s1/i1D3. The molecule has 2 aromatic rings. The van der Waals surface area contributed by atoms with Crippen LogP contribution < -0.4 is 20.5 Å². The molecule has 1 aromatic carbocycles. The van der Waals surface area contributed by atoms with E-state index in [-0.39, 0.29) is 28.8 Å². The summed E-state index contributed by atoms with van der Waals surface area (Å²) >= 11 is 6.56. The lowest BCUT2D eigenvalue weighted by molar-refractivity contribution is -0.0847. The van der Waals surface area contributed by atoms with E-state index in [1.54, 1.807) is 23.0 Å². The molecule has 0 amide bonds. The highest BCUT2D eigenvalue weighted by Crippen LogP contribution is 2.47. The predicted molar refractivity (Wildman–Crippen MR) is 150 cm³/mol. The van der Waals surface area contributed by atoms with Gasteiger partial charge in [-0.1, -0.05) is 11.6 Å². The van der Waals surface area contributed by atoms with Crippen LogP contribution in [0.15, 0.2) is 35.3 Å². The monoisotopic (exact) mass is 561 g/mol. The lowest BCUT2D eigenvalue weighted by Gasteiger charge is -2.40. The van der Waals surface area contributed by atoms with Gasteiger partial charge in [-0.15, -0.1) is 0 Å². The fourth-order valence-corrected chi connectivity index (χ4v) is 6.66. The van der Waals surface area contributed by atoms with Crippen molar-refractivity contribution in [3.63, 3.8) is 0 Å². The van der Waals surface area contributed by atoms with Crippen molar-refractivity contribution < 1.29 is 23.1 Å². The first-order chi connectivity index (χ1) is 20.2. The molecular formula is C29H39ClN4O5. The van der Waals surface area contributed by atoms with E-state index in [9.17, 15) is 4.79 Å². The zero-order valence-electron chi connectivity index (χ0n) is 25.1. The summed E-state index contributed by atoms with van der Waals surface area (Å²) in [5, 5.41) is 8.07. The first-order valence-electron chi connectivity index (χ1n) is 15.6. The first kappa shape index (κ1) is 23.4. The van der Waals surface area contributed by atoms with Gasteiger partial charge in [0.25, 0.3) is 5.56 Å². The minimum atomic E-state index is -2.50. The molecule has 4 atom stereocenters. The Balaban J connectivity index is 1.10. The Kier molecular flexibility index (Phi) is 7.22. The van der Waals surface area contributed by atoms with Crippen LogP contribution in [0.25, 0.3) is 0 Å². The first-order valence-corrected chi connectivity index (χ1v) is 14.5. The highest BCUT2D eigenvalue weighted by Gasteiger charge is 2.45. The number of anilines is 2. The molecule has 1 N–H and O–H groups in total. The Morgan fingerprint density at radius 3 is 2.77 bits per heavy atom. The Morgan fingerprint density at radius 1 is 1.15 bits per heavy atom. The smallest absolute Gasteiger partial charge is 0.287 e. The number of nitrogens with one attached hydrogen (secondary N) is 1. The fraction of sp³-hybridized carbons (Fsp3) is 0.655. The van der Waals surface area contributed by atoms with E-state index < -0.39 is 7.04 Å². The van der Waals surface area contributed by atoms with Gasteiger partial charge >= 0.3 is 0 Å². The van der Waals surface area contributed by atoms with Crippen molar-refractivity contribution in [1.82, 2.24) is 9.78 Å². The number of methoxy groups -OCH3 is 1. The summed E-state index contributed by atoms with van der Waals surface area (Å²) in [6.07, 6.45) is 6.10. The maximum atomic E-state index is 13.3. The molecule has 2 aliphatic carbocycles. The number of benzene rings is 1.